The molecule has 2 aliphatic heterocycles. The third-order valence-electron chi connectivity index (χ3n) is 6.83. The number of fused-ring (bicyclic) bond motifs is 1. The predicted octanol–water partition coefficient (Wildman–Crippen LogP) is 2.96. The van der Waals surface area contributed by atoms with Crippen LogP contribution < -0.4 is 0 Å². The lowest BCUT2D eigenvalue weighted by atomic mass is 9.77. The molecule has 2 amide bonds. The molecule has 4 rings (SSSR count). The number of aromatic amines is 1. The van der Waals surface area contributed by atoms with Crippen LogP contribution in [-0.4, -0.2) is 58.0 Å². The zero-order valence-corrected chi connectivity index (χ0v) is 17.4. The van der Waals surface area contributed by atoms with Crippen LogP contribution in [0.3, 0.4) is 0 Å². The minimum Gasteiger partial charge on any atom is -0.338 e. The third-order valence-corrected chi connectivity index (χ3v) is 6.83. The van der Waals surface area contributed by atoms with Crippen molar-refractivity contribution in [3.05, 3.63) is 28.6 Å². The van der Waals surface area contributed by atoms with Crippen LogP contribution in [0.1, 0.15) is 68.2 Å². The summed E-state index contributed by atoms with van der Waals surface area (Å²) < 4.78 is 0. The van der Waals surface area contributed by atoms with Gasteiger partial charge in [-0.1, -0.05) is 18.6 Å². The Morgan fingerprint density at radius 1 is 1.32 bits per heavy atom. The van der Waals surface area contributed by atoms with Crippen LogP contribution in [0.15, 0.2) is 11.6 Å². The molecule has 0 bridgehead atoms. The molecule has 6 heteroatoms. The molecular formula is C22H32N4O2. The third kappa shape index (κ3) is 3.61. The van der Waals surface area contributed by atoms with Crippen molar-refractivity contribution in [3.8, 4) is 0 Å². The van der Waals surface area contributed by atoms with Gasteiger partial charge in [0.05, 0.1) is 0 Å². The molecule has 3 heterocycles. The topological polar surface area (TPSA) is 69.3 Å². The summed E-state index contributed by atoms with van der Waals surface area (Å²) in [7, 11) is 0. The monoisotopic (exact) mass is 384 g/mol. The molecule has 1 aliphatic carbocycles. The van der Waals surface area contributed by atoms with E-state index in [4.69, 9.17) is 0 Å². The van der Waals surface area contributed by atoms with Crippen LogP contribution in [0.4, 0.5) is 0 Å². The van der Waals surface area contributed by atoms with Crippen molar-refractivity contribution >= 4 is 11.8 Å². The quantitative estimate of drug-likeness (QED) is 0.815. The SMILES string of the molecule is CC(C)=CCN1CC2(CCN(C(=O)c3n[nH]c4c3CC(C)CC4)CC2)CC1=O. The van der Waals surface area contributed by atoms with E-state index in [0.29, 0.717) is 24.6 Å². The van der Waals surface area contributed by atoms with Crippen LogP contribution in [0, 0.1) is 11.3 Å². The molecule has 1 spiro atoms. The highest BCUT2D eigenvalue weighted by molar-refractivity contribution is 5.94. The molecule has 3 aliphatic rings. The fourth-order valence-corrected chi connectivity index (χ4v) is 4.96. The highest BCUT2D eigenvalue weighted by Crippen LogP contribution is 2.41. The normalized spacial score (nSPS) is 23.8. The molecule has 1 aromatic rings. The first kappa shape index (κ1) is 19.2. The number of piperidine rings is 1. The number of H-pyrrole nitrogens is 1. The number of allylic oxidation sites excluding steroid dienone is 1. The van der Waals surface area contributed by atoms with Gasteiger partial charge < -0.3 is 9.80 Å². The number of carbonyl (C=O) groups is 2. The lowest BCUT2D eigenvalue weighted by Crippen LogP contribution is -2.44. The molecule has 1 N–H and O–H groups in total. The summed E-state index contributed by atoms with van der Waals surface area (Å²) >= 11 is 0. The van der Waals surface area contributed by atoms with E-state index in [-0.39, 0.29) is 17.2 Å². The number of rotatable bonds is 3. The van der Waals surface area contributed by atoms with E-state index in [9.17, 15) is 9.59 Å². The van der Waals surface area contributed by atoms with Gasteiger partial charge in [-0.2, -0.15) is 5.10 Å². The largest absolute Gasteiger partial charge is 0.338 e. The molecule has 2 fully saturated rings. The fraction of sp³-hybridized carbons (Fsp3) is 0.682. The molecule has 152 valence electrons. The number of hydrogen-bond acceptors (Lipinski definition) is 3. The second-order valence-corrected chi connectivity index (χ2v) is 9.40. The van der Waals surface area contributed by atoms with Crippen LogP contribution in [0.25, 0.3) is 0 Å². The number of nitrogens with zero attached hydrogens (tertiary/aromatic N) is 3. The number of likely N-dealkylation sites (tertiary alicyclic amines) is 2. The zero-order valence-electron chi connectivity index (χ0n) is 17.4. The van der Waals surface area contributed by atoms with Gasteiger partial charge in [-0.15, -0.1) is 0 Å². The van der Waals surface area contributed by atoms with Crippen molar-refractivity contribution in [1.29, 1.82) is 0 Å². The van der Waals surface area contributed by atoms with Crippen LogP contribution >= 0.6 is 0 Å². The number of carbonyl (C=O) groups excluding carboxylic acids is 2. The first-order valence-corrected chi connectivity index (χ1v) is 10.6. The Morgan fingerprint density at radius 3 is 2.79 bits per heavy atom. The molecule has 6 nitrogen and oxygen atoms in total. The van der Waals surface area contributed by atoms with Gasteiger partial charge >= 0.3 is 0 Å². The Kier molecular flexibility index (Phi) is 5.06. The van der Waals surface area contributed by atoms with Gasteiger partial charge in [0.2, 0.25) is 5.91 Å². The van der Waals surface area contributed by atoms with Gasteiger partial charge in [0.25, 0.3) is 5.91 Å². The van der Waals surface area contributed by atoms with Crippen molar-refractivity contribution in [2.75, 3.05) is 26.2 Å². The summed E-state index contributed by atoms with van der Waals surface area (Å²) in [6.45, 7) is 9.35. The van der Waals surface area contributed by atoms with E-state index >= 15 is 0 Å². The fourth-order valence-electron chi connectivity index (χ4n) is 4.96. The lowest BCUT2D eigenvalue weighted by Gasteiger charge is -2.38. The summed E-state index contributed by atoms with van der Waals surface area (Å²) in [5.41, 5.74) is 4.19. The van der Waals surface area contributed by atoms with Crippen molar-refractivity contribution in [1.82, 2.24) is 20.0 Å². The van der Waals surface area contributed by atoms with Crippen LogP contribution in [-0.2, 0) is 17.6 Å². The van der Waals surface area contributed by atoms with Gasteiger partial charge in [0.15, 0.2) is 5.69 Å². The first-order chi connectivity index (χ1) is 13.4. The van der Waals surface area contributed by atoms with Gasteiger partial charge in [-0.05, 0) is 51.9 Å². The van der Waals surface area contributed by atoms with Crippen LogP contribution in [0.2, 0.25) is 0 Å². The number of aromatic nitrogens is 2. The average Bonchev–Trinajstić information content (AvgIpc) is 3.20. The Balaban J connectivity index is 1.40. The van der Waals surface area contributed by atoms with Gasteiger partial charge in [-0.3, -0.25) is 14.7 Å². The minimum atomic E-state index is 0.0445. The summed E-state index contributed by atoms with van der Waals surface area (Å²) in [5, 5.41) is 7.47. The number of nitrogens with one attached hydrogen (secondary N) is 1. The van der Waals surface area contributed by atoms with E-state index in [0.717, 1.165) is 63.0 Å². The van der Waals surface area contributed by atoms with Gasteiger partial charge in [0.1, 0.15) is 0 Å². The molecule has 28 heavy (non-hydrogen) atoms. The summed E-state index contributed by atoms with van der Waals surface area (Å²) in [5.74, 6) is 0.928. The van der Waals surface area contributed by atoms with Crippen molar-refractivity contribution < 1.29 is 9.59 Å². The van der Waals surface area contributed by atoms with E-state index in [2.05, 4.69) is 37.0 Å². The summed E-state index contributed by atoms with van der Waals surface area (Å²) in [4.78, 5) is 29.5. The molecule has 0 aromatic carbocycles. The smallest absolute Gasteiger partial charge is 0.274 e. The molecule has 1 atom stereocenters. The maximum Gasteiger partial charge on any atom is 0.274 e. The Morgan fingerprint density at radius 2 is 2.07 bits per heavy atom. The number of aryl methyl sites for hydroxylation is 1. The average molecular weight is 385 g/mol. The summed E-state index contributed by atoms with van der Waals surface area (Å²) in [6, 6.07) is 0. The van der Waals surface area contributed by atoms with Gasteiger partial charge in [-0.25, -0.2) is 0 Å². The van der Waals surface area contributed by atoms with Crippen molar-refractivity contribution in [2.45, 2.75) is 59.3 Å². The highest BCUT2D eigenvalue weighted by Gasteiger charge is 2.45. The maximum atomic E-state index is 13.1. The second kappa shape index (κ2) is 7.37. The molecular weight excluding hydrogens is 352 g/mol. The molecule has 2 saturated heterocycles. The van der Waals surface area contributed by atoms with Crippen LogP contribution in [0.5, 0.6) is 0 Å². The minimum absolute atomic E-state index is 0.0445. The molecule has 0 radical (unpaired) electrons. The van der Waals surface area contributed by atoms with Crippen molar-refractivity contribution in [2.24, 2.45) is 11.3 Å². The number of hydrogen-bond donors (Lipinski definition) is 1. The molecule has 0 saturated carbocycles. The molecule has 1 unspecified atom stereocenters. The second-order valence-electron chi connectivity index (χ2n) is 9.40. The van der Waals surface area contributed by atoms with E-state index in [1.807, 2.05) is 9.80 Å². The molecule has 1 aromatic heterocycles. The Labute approximate surface area is 167 Å². The van der Waals surface area contributed by atoms with E-state index < -0.39 is 0 Å². The van der Waals surface area contributed by atoms with Gasteiger partial charge in [0, 0.05) is 49.3 Å². The standard InChI is InChI=1S/C22H32N4O2/c1-15(2)6-9-26-14-22(13-19(26)27)7-10-25(11-8-22)21(28)20-17-12-16(3)4-5-18(17)23-24-20/h6,16H,4-5,7-14H2,1-3H3,(H,23,24). The Bertz CT molecular complexity index is 797. The number of amides is 2. The highest BCUT2D eigenvalue weighted by atomic mass is 16.2. The summed E-state index contributed by atoms with van der Waals surface area (Å²) in [6.07, 6.45) is 7.64. The van der Waals surface area contributed by atoms with E-state index in [1.54, 1.807) is 0 Å². The predicted molar refractivity (Wildman–Crippen MR) is 108 cm³/mol. The maximum absolute atomic E-state index is 13.1. The van der Waals surface area contributed by atoms with E-state index in [1.165, 1.54) is 5.57 Å². The Hall–Kier alpha value is -2.11. The zero-order chi connectivity index (χ0) is 19.9. The lowest BCUT2D eigenvalue weighted by molar-refractivity contribution is -0.127. The first-order valence-electron chi connectivity index (χ1n) is 10.6. The van der Waals surface area contributed by atoms with Crippen molar-refractivity contribution in [3.63, 3.8) is 0 Å².